The smallest absolute Gasteiger partial charge is 0.311 e. The molecular formula is C27H37NO3. The van der Waals surface area contributed by atoms with Crippen LogP contribution in [0.4, 0.5) is 0 Å². The first-order valence-corrected chi connectivity index (χ1v) is 12.3. The molecule has 0 spiro atoms. The number of rotatable bonds is 4. The number of carbonyl (C=O) groups excluding carboxylic acids is 1. The SMILES string of the molecule is C[C@H]1CCC=C2C[C@H]3OC(=O)[C@H](CN4CCC(Cc5ccccc5)CC4)[C@H]3[C@@H](O)[C@@]21C. The summed E-state index contributed by atoms with van der Waals surface area (Å²) in [5, 5.41) is 11.5. The molecule has 0 bridgehead atoms. The van der Waals surface area contributed by atoms with Gasteiger partial charge in [-0.3, -0.25) is 4.79 Å². The Morgan fingerprint density at radius 1 is 1.16 bits per heavy atom. The molecule has 4 aliphatic rings. The number of allylic oxidation sites excluding steroid dienone is 1. The van der Waals surface area contributed by atoms with Crippen LogP contribution in [0.5, 0.6) is 0 Å². The number of ether oxygens (including phenoxy) is 1. The number of fused-ring (bicyclic) bond motifs is 2. The van der Waals surface area contributed by atoms with Crippen molar-refractivity contribution in [3.8, 4) is 0 Å². The van der Waals surface area contributed by atoms with Crippen LogP contribution in [0.15, 0.2) is 42.0 Å². The molecule has 168 valence electrons. The summed E-state index contributed by atoms with van der Waals surface area (Å²) in [4.78, 5) is 15.3. The number of piperidine rings is 1. The zero-order chi connectivity index (χ0) is 21.6. The zero-order valence-corrected chi connectivity index (χ0v) is 19.0. The Balaban J connectivity index is 1.24. The number of hydrogen-bond donors (Lipinski definition) is 1. The maximum absolute atomic E-state index is 12.9. The second kappa shape index (κ2) is 8.37. The lowest BCUT2D eigenvalue weighted by Crippen LogP contribution is -2.55. The summed E-state index contributed by atoms with van der Waals surface area (Å²) >= 11 is 0. The molecule has 1 aromatic rings. The van der Waals surface area contributed by atoms with E-state index in [1.54, 1.807) is 0 Å². The minimum Gasteiger partial charge on any atom is -0.461 e. The highest BCUT2D eigenvalue weighted by molar-refractivity contribution is 5.76. The van der Waals surface area contributed by atoms with Gasteiger partial charge < -0.3 is 14.7 Å². The summed E-state index contributed by atoms with van der Waals surface area (Å²) in [6.45, 7) is 7.29. The molecule has 2 heterocycles. The van der Waals surface area contributed by atoms with Crippen LogP contribution in [0.2, 0.25) is 0 Å². The summed E-state index contributed by atoms with van der Waals surface area (Å²) in [6.07, 6.45) is 8.16. The van der Waals surface area contributed by atoms with E-state index in [1.165, 1.54) is 24.0 Å². The van der Waals surface area contributed by atoms with E-state index in [-0.39, 0.29) is 29.3 Å². The van der Waals surface area contributed by atoms with E-state index in [9.17, 15) is 9.90 Å². The summed E-state index contributed by atoms with van der Waals surface area (Å²) < 4.78 is 5.85. The van der Waals surface area contributed by atoms with Crippen LogP contribution in [0.25, 0.3) is 0 Å². The van der Waals surface area contributed by atoms with Gasteiger partial charge in [0.25, 0.3) is 0 Å². The fraction of sp³-hybridized carbons (Fsp3) is 0.667. The number of aliphatic hydroxyl groups excluding tert-OH is 1. The molecule has 3 fully saturated rings. The van der Waals surface area contributed by atoms with Gasteiger partial charge in [-0.05, 0) is 62.6 Å². The highest BCUT2D eigenvalue weighted by Gasteiger charge is 2.59. The van der Waals surface area contributed by atoms with Gasteiger partial charge in [-0.2, -0.15) is 0 Å². The highest BCUT2D eigenvalue weighted by atomic mass is 16.6. The fourth-order valence-corrected chi connectivity index (χ4v) is 6.87. The Hall–Kier alpha value is -1.65. The molecule has 2 aliphatic carbocycles. The van der Waals surface area contributed by atoms with Gasteiger partial charge in [0.1, 0.15) is 6.10 Å². The average molecular weight is 424 g/mol. The van der Waals surface area contributed by atoms with Crippen LogP contribution in [-0.2, 0) is 16.0 Å². The van der Waals surface area contributed by atoms with Crippen LogP contribution >= 0.6 is 0 Å². The minimum atomic E-state index is -0.500. The molecule has 0 radical (unpaired) electrons. The minimum absolute atomic E-state index is 0.0720. The third-order valence-electron chi connectivity index (χ3n) is 9.10. The molecule has 4 heteroatoms. The van der Waals surface area contributed by atoms with Crippen molar-refractivity contribution in [1.82, 2.24) is 4.90 Å². The first kappa shape index (κ1) is 21.2. The Kier molecular flexibility index (Phi) is 5.72. The number of aliphatic hydroxyl groups is 1. The summed E-state index contributed by atoms with van der Waals surface area (Å²) in [6, 6.07) is 10.8. The number of carbonyl (C=O) groups is 1. The Morgan fingerprint density at radius 2 is 1.90 bits per heavy atom. The number of esters is 1. The second-order valence-corrected chi connectivity index (χ2v) is 10.7. The lowest BCUT2D eigenvalue weighted by atomic mass is 9.55. The van der Waals surface area contributed by atoms with Crippen LogP contribution in [-0.4, -0.2) is 47.8 Å². The largest absolute Gasteiger partial charge is 0.461 e. The van der Waals surface area contributed by atoms with Crippen LogP contribution in [0.1, 0.15) is 51.5 Å². The van der Waals surface area contributed by atoms with Gasteiger partial charge in [0.05, 0.1) is 12.0 Å². The number of likely N-dealkylation sites (tertiary alicyclic amines) is 1. The first-order chi connectivity index (χ1) is 15.0. The Bertz CT molecular complexity index is 828. The standard InChI is InChI=1S/C27H37NO3/c1-18-7-6-10-21-16-23-24(25(29)27(18,21)2)22(26(30)31-23)17-28-13-11-20(12-14-28)15-19-8-4-3-5-9-19/h3-5,8-10,18,20,22-25,29H,6-7,11-17H2,1-2H3/t18-,22+,23+,24+,25+,27+/m0/s1. The van der Waals surface area contributed by atoms with Crippen LogP contribution < -0.4 is 0 Å². The maximum Gasteiger partial charge on any atom is 0.311 e. The van der Waals surface area contributed by atoms with Gasteiger partial charge in [0, 0.05) is 24.3 Å². The summed E-state index contributed by atoms with van der Waals surface area (Å²) in [5.74, 6) is 0.803. The van der Waals surface area contributed by atoms with Crippen molar-refractivity contribution in [1.29, 1.82) is 0 Å². The normalized spacial score (nSPS) is 38.9. The lowest BCUT2D eigenvalue weighted by Gasteiger charge is -2.52. The van der Waals surface area contributed by atoms with Crippen molar-refractivity contribution in [2.45, 2.75) is 64.6 Å². The van der Waals surface area contributed by atoms with E-state index in [2.05, 4.69) is 55.2 Å². The molecule has 0 aromatic heterocycles. The third kappa shape index (κ3) is 3.76. The van der Waals surface area contributed by atoms with Gasteiger partial charge >= 0.3 is 5.97 Å². The lowest BCUT2D eigenvalue weighted by molar-refractivity contribution is -0.145. The van der Waals surface area contributed by atoms with E-state index in [0.29, 0.717) is 5.92 Å². The van der Waals surface area contributed by atoms with Crippen molar-refractivity contribution in [3.63, 3.8) is 0 Å². The third-order valence-corrected chi connectivity index (χ3v) is 9.10. The first-order valence-electron chi connectivity index (χ1n) is 12.3. The molecule has 1 aromatic carbocycles. The molecular weight excluding hydrogens is 386 g/mol. The van der Waals surface area contributed by atoms with Crippen LogP contribution in [0, 0.1) is 29.1 Å². The number of hydrogen-bond acceptors (Lipinski definition) is 4. The van der Waals surface area contributed by atoms with Crippen molar-refractivity contribution in [2.24, 2.45) is 29.1 Å². The predicted octanol–water partition coefficient (Wildman–Crippen LogP) is 4.23. The van der Waals surface area contributed by atoms with Crippen molar-refractivity contribution < 1.29 is 14.6 Å². The molecule has 1 N–H and O–H groups in total. The molecule has 2 saturated heterocycles. The summed E-state index contributed by atoms with van der Waals surface area (Å²) in [5.41, 5.74) is 2.52. The quantitative estimate of drug-likeness (QED) is 0.582. The van der Waals surface area contributed by atoms with E-state index < -0.39 is 6.10 Å². The molecule has 0 unspecified atom stereocenters. The fourth-order valence-electron chi connectivity index (χ4n) is 6.87. The van der Waals surface area contributed by atoms with Gasteiger partial charge in [0.15, 0.2) is 0 Å². The predicted molar refractivity (Wildman–Crippen MR) is 121 cm³/mol. The molecule has 1 saturated carbocycles. The van der Waals surface area contributed by atoms with E-state index in [1.807, 2.05) is 0 Å². The molecule has 4 nitrogen and oxygen atoms in total. The Morgan fingerprint density at radius 3 is 2.65 bits per heavy atom. The zero-order valence-electron chi connectivity index (χ0n) is 19.0. The Labute approximate surface area is 186 Å². The molecule has 5 rings (SSSR count). The molecule has 0 amide bonds. The topological polar surface area (TPSA) is 49.8 Å². The average Bonchev–Trinajstić information content (AvgIpc) is 3.07. The number of benzene rings is 1. The van der Waals surface area contributed by atoms with E-state index in [4.69, 9.17) is 4.74 Å². The molecule has 31 heavy (non-hydrogen) atoms. The summed E-state index contributed by atoms with van der Waals surface area (Å²) in [7, 11) is 0. The van der Waals surface area contributed by atoms with Gasteiger partial charge in [-0.25, -0.2) is 0 Å². The maximum atomic E-state index is 12.9. The van der Waals surface area contributed by atoms with Gasteiger partial charge in [-0.1, -0.05) is 55.8 Å². The highest BCUT2D eigenvalue weighted by Crippen LogP contribution is 2.56. The number of nitrogens with zero attached hydrogens (tertiary/aromatic N) is 1. The van der Waals surface area contributed by atoms with Crippen molar-refractivity contribution >= 4 is 5.97 Å². The van der Waals surface area contributed by atoms with Gasteiger partial charge in [0.2, 0.25) is 0 Å². The molecule has 6 atom stereocenters. The monoisotopic (exact) mass is 423 g/mol. The van der Waals surface area contributed by atoms with Gasteiger partial charge in [-0.15, -0.1) is 0 Å². The second-order valence-electron chi connectivity index (χ2n) is 10.7. The van der Waals surface area contributed by atoms with E-state index in [0.717, 1.165) is 51.2 Å². The van der Waals surface area contributed by atoms with Crippen molar-refractivity contribution in [3.05, 3.63) is 47.5 Å². The van der Waals surface area contributed by atoms with E-state index >= 15 is 0 Å². The molecule has 2 aliphatic heterocycles. The van der Waals surface area contributed by atoms with Crippen LogP contribution in [0.3, 0.4) is 0 Å². The van der Waals surface area contributed by atoms with Crippen molar-refractivity contribution in [2.75, 3.05) is 19.6 Å².